The molecule has 2 N–H and O–H groups in total. The summed E-state index contributed by atoms with van der Waals surface area (Å²) < 4.78 is 0. The Kier molecular flexibility index (Phi) is 2.15. The van der Waals surface area contributed by atoms with E-state index in [1.807, 2.05) is 18.2 Å². The molecule has 0 aromatic heterocycles. The third-order valence-electron chi connectivity index (χ3n) is 1.55. The highest BCUT2D eigenvalue weighted by Gasteiger charge is 2.06. The zero-order chi connectivity index (χ0) is 9.84. The van der Waals surface area contributed by atoms with Gasteiger partial charge in [0.15, 0.2) is 0 Å². The second kappa shape index (κ2) is 3.26. The van der Waals surface area contributed by atoms with E-state index >= 15 is 0 Å². The molecule has 1 aromatic rings. The minimum absolute atomic E-state index is 0.174. The van der Waals surface area contributed by atoms with E-state index in [1.54, 1.807) is 0 Å². The fourth-order valence-electron chi connectivity index (χ4n) is 0.898. The van der Waals surface area contributed by atoms with Gasteiger partial charge in [0, 0.05) is 0 Å². The number of hydrogen-bond acceptors (Lipinski definition) is 4. The van der Waals surface area contributed by atoms with Crippen LogP contribution in [0.1, 0.15) is 16.7 Å². The smallest absolute Gasteiger partial charge is 0.101 e. The van der Waals surface area contributed by atoms with Gasteiger partial charge in [-0.1, -0.05) is 0 Å². The monoisotopic (exact) mass is 168 g/mol. The number of anilines is 1. The average Bonchev–Trinajstić information content (AvgIpc) is 2.17. The first-order chi connectivity index (χ1) is 6.22. The zero-order valence-electron chi connectivity index (χ0n) is 6.57. The normalized spacial score (nSPS) is 8.08. The van der Waals surface area contributed by atoms with Crippen molar-refractivity contribution < 1.29 is 0 Å². The second-order valence-corrected chi connectivity index (χ2v) is 2.32. The Labute approximate surface area is 75.0 Å². The van der Waals surface area contributed by atoms with Crippen molar-refractivity contribution in [1.29, 1.82) is 15.8 Å². The van der Waals surface area contributed by atoms with Crippen molar-refractivity contribution in [2.45, 2.75) is 0 Å². The largest absolute Gasteiger partial charge is 0.398 e. The molecule has 0 amide bonds. The molecule has 0 spiro atoms. The summed E-state index contributed by atoms with van der Waals surface area (Å²) in [5.74, 6) is 0. The van der Waals surface area contributed by atoms with Crippen molar-refractivity contribution >= 4 is 5.69 Å². The molecule has 0 atom stereocenters. The highest BCUT2D eigenvalue weighted by atomic mass is 14.6. The molecule has 1 aromatic carbocycles. The number of nitrogens with two attached hydrogens (primary N) is 1. The van der Waals surface area contributed by atoms with Gasteiger partial charge in [-0.25, -0.2) is 0 Å². The van der Waals surface area contributed by atoms with E-state index in [0.717, 1.165) is 0 Å². The number of nitrogens with zero attached hydrogens (tertiary/aromatic N) is 3. The van der Waals surface area contributed by atoms with Crippen LogP contribution in [0, 0.1) is 34.0 Å². The lowest BCUT2D eigenvalue weighted by Gasteiger charge is -1.98. The molecule has 0 radical (unpaired) electrons. The number of nitrogen functional groups attached to an aromatic ring is 1. The SMILES string of the molecule is N#Cc1cc(C#N)c(C#N)cc1N. The maximum Gasteiger partial charge on any atom is 0.101 e. The average molecular weight is 168 g/mol. The summed E-state index contributed by atoms with van der Waals surface area (Å²) in [6, 6.07) is 8.13. The molecule has 1 rings (SSSR count). The summed E-state index contributed by atoms with van der Waals surface area (Å²) in [6.07, 6.45) is 0. The molecule has 0 unspecified atom stereocenters. The molecule has 0 bridgehead atoms. The Hall–Kier alpha value is -2.51. The van der Waals surface area contributed by atoms with Crippen LogP contribution >= 0.6 is 0 Å². The van der Waals surface area contributed by atoms with Crippen molar-refractivity contribution in [3.05, 3.63) is 28.8 Å². The van der Waals surface area contributed by atoms with Crippen molar-refractivity contribution in [1.82, 2.24) is 0 Å². The first-order valence-electron chi connectivity index (χ1n) is 3.36. The van der Waals surface area contributed by atoms with Crippen LogP contribution in [-0.4, -0.2) is 0 Å². The molecule has 0 aliphatic rings. The fourth-order valence-corrected chi connectivity index (χ4v) is 0.898. The van der Waals surface area contributed by atoms with Gasteiger partial charge in [-0.15, -0.1) is 0 Å². The maximum absolute atomic E-state index is 8.61. The lowest BCUT2D eigenvalue weighted by atomic mass is 10.0. The number of nitriles is 3. The molecule has 60 valence electrons. The van der Waals surface area contributed by atoms with Gasteiger partial charge < -0.3 is 5.73 Å². The molecule has 4 heteroatoms. The van der Waals surface area contributed by atoms with Crippen LogP contribution in [-0.2, 0) is 0 Å². The highest BCUT2D eigenvalue weighted by Crippen LogP contribution is 2.16. The van der Waals surface area contributed by atoms with E-state index in [9.17, 15) is 0 Å². The van der Waals surface area contributed by atoms with Gasteiger partial charge in [-0.2, -0.15) is 15.8 Å². The van der Waals surface area contributed by atoms with Crippen molar-refractivity contribution in [2.75, 3.05) is 5.73 Å². The van der Waals surface area contributed by atoms with Crippen LogP contribution in [0.2, 0.25) is 0 Å². The molecule has 0 fully saturated rings. The van der Waals surface area contributed by atoms with E-state index in [4.69, 9.17) is 21.5 Å². The minimum Gasteiger partial charge on any atom is -0.398 e. The Bertz CT molecular complexity index is 468. The van der Waals surface area contributed by atoms with Crippen LogP contribution in [0.3, 0.4) is 0 Å². The summed E-state index contributed by atoms with van der Waals surface area (Å²) in [4.78, 5) is 0. The van der Waals surface area contributed by atoms with E-state index in [-0.39, 0.29) is 22.4 Å². The Morgan fingerprint density at radius 2 is 1.31 bits per heavy atom. The van der Waals surface area contributed by atoms with Gasteiger partial charge >= 0.3 is 0 Å². The molecule has 0 saturated heterocycles. The van der Waals surface area contributed by atoms with E-state index in [2.05, 4.69) is 0 Å². The molecule has 0 heterocycles. The molecule has 0 aliphatic carbocycles. The zero-order valence-corrected chi connectivity index (χ0v) is 6.57. The van der Waals surface area contributed by atoms with Crippen LogP contribution in [0.5, 0.6) is 0 Å². The van der Waals surface area contributed by atoms with Crippen LogP contribution < -0.4 is 5.73 Å². The first kappa shape index (κ1) is 8.59. The van der Waals surface area contributed by atoms with E-state index < -0.39 is 0 Å². The second-order valence-electron chi connectivity index (χ2n) is 2.32. The topological polar surface area (TPSA) is 97.4 Å². The summed E-state index contributed by atoms with van der Waals surface area (Å²) >= 11 is 0. The molecule has 4 nitrogen and oxygen atoms in total. The number of benzene rings is 1. The van der Waals surface area contributed by atoms with Crippen molar-refractivity contribution in [3.8, 4) is 18.2 Å². The lowest BCUT2D eigenvalue weighted by molar-refractivity contribution is 1.41. The predicted octanol–water partition coefficient (Wildman–Crippen LogP) is 0.884. The molecular formula is C9H4N4. The molecule has 13 heavy (non-hydrogen) atoms. The maximum atomic E-state index is 8.61. The summed E-state index contributed by atoms with van der Waals surface area (Å²) in [7, 11) is 0. The van der Waals surface area contributed by atoms with Crippen LogP contribution in [0.15, 0.2) is 12.1 Å². The summed E-state index contributed by atoms with van der Waals surface area (Å²) in [5, 5.41) is 25.8. The van der Waals surface area contributed by atoms with Gasteiger partial charge in [0.1, 0.15) is 18.2 Å². The Morgan fingerprint density at radius 3 is 1.77 bits per heavy atom. The molecule has 0 aliphatic heterocycles. The third-order valence-corrected chi connectivity index (χ3v) is 1.55. The van der Waals surface area contributed by atoms with E-state index in [0.29, 0.717) is 0 Å². The van der Waals surface area contributed by atoms with E-state index in [1.165, 1.54) is 12.1 Å². The molecule has 0 saturated carbocycles. The minimum atomic E-state index is 0.174. The van der Waals surface area contributed by atoms with Gasteiger partial charge in [-0.05, 0) is 12.1 Å². The van der Waals surface area contributed by atoms with Crippen LogP contribution in [0.25, 0.3) is 0 Å². The van der Waals surface area contributed by atoms with Gasteiger partial charge in [-0.3, -0.25) is 0 Å². The fraction of sp³-hybridized carbons (Fsp3) is 0. The third kappa shape index (κ3) is 1.40. The highest BCUT2D eigenvalue weighted by molar-refractivity contribution is 5.62. The summed E-state index contributed by atoms with van der Waals surface area (Å²) in [5.41, 5.74) is 6.25. The van der Waals surface area contributed by atoms with Crippen molar-refractivity contribution in [3.63, 3.8) is 0 Å². The Morgan fingerprint density at radius 1 is 0.846 bits per heavy atom. The van der Waals surface area contributed by atoms with Gasteiger partial charge in [0.2, 0.25) is 0 Å². The quantitative estimate of drug-likeness (QED) is 0.581. The van der Waals surface area contributed by atoms with Gasteiger partial charge in [0.05, 0.1) is 22.4 Å². The first-order valence-corrected chi connectivity index (χ1v) is 3.36. The van der Waals surface area contributed by atoms with Crippen molar-refractivity contribution in [2.24, 2.45) is 0 Å². The van der Waals surface area contributed by atoms with Gasteiger partial charge in [0.25, 0.3) is 0 Å². The Balaban J connectivity index is 3.51. The number of hydrogen-bond donors (Lipinski definition) is 1. The standard InChI is InChI=1S/C9H4N4/c10-3-6-1-8(5-12)9(13)2-7(6)4-11/h1-2H,13H2. The molecular weight excluding hydrogens is 164 g/mol. The summed E-state index contributed by atoms with van der Waals surface area (Å²) in [6.45, 7) is 0. The lowest BCUT2D eigenvalue weighted by Crippen LogP contribution is -1.94. The predicted molar refractivity (Wildman–Crippen MR) is 45.0 cm³/mol. The number of rotatable bonds is 0. The van der Waals surface area contributed by atoms with Crippen LogP contribution in [0.4, 0.5) is 5.69 Å².